The maximum Gasteiger partial charge on any atom is 0.255 e. The van der Waals surface area contributed by atoms with Gasteiger partial charge in [-0.2, -0.15) is 0 Å². The van der Waals surface area contributed by atoms with Crippen molar-refractivity contribution in [1.29, 1.82) is 0 Å². The number of rotatable bonds is 2. The van der Waals surface area contributed by atoms with Crippen molar-refractivity contribution in [3.63, 3.8) is 0 Å². The van der Waals surface area contributed by atoms with E-state index in [1.807, 2.05) is 0 Å². The van der Waals surface area contributed by atoms with Crippen molar-refractivity contribution in [3.05, 3.63) is 87.6 Å². The first-order valence-electron chi connectivity index (χ1n) is 10.8. The van der Waals surface area contributed by atoms with E-state index in [4.69, 9.17) is 11.5 Å². The number of aromatic hydroxyl groups is 1. The molecule has 0 saturated heterocycles. The van der Waals surface area contributed by atoms with Crippen LogP contribution in [0.5, 0.6) is 5.75 Å². The summed E-state index contributed by atoms with van der Waals surface area (Å²) in [6.07, 6.45) is -0.165. The van der Waals surface area contributed by atoms with Crippen LogP contribution in [0.1, 0.15) is 33.8 Å². The number of ketones is 2. The Bertz CT molecular complexity index is 1380. The highest BCUT2D eigenvalue weighted by Gasteiger charge is 2.63. The van der Waals surface area contributed by atoms with Gasteiger partial charge in [0.1, 0.15) is 28.7 Å². The van der Waals surface area contributed by atoms with Crippen LogP contribution in [0.25, 0.3) is 0 Å². The summed E-state index contributed by atoms with van der Waals surface area (Å²) < 4.78 is 13.7. The number of hydrogen-bond donors (Lipinski definition) is 6. The number of carbonyl (C=O) groups excluding carboxylic acids is 3. The lowest BCUT2D eigenvalue weighted by molar-refractivity contribution is -0.145. The van der Waals surface area contributed by atoms with Gasteiger partial charge >= 0.3 is 0 Å². The van der Waals surface area contributed by atoms with Crippen molar-refractivity contribution in [1.82, 2.24) is 0 Å². The van der Waals surface area contributed by atoms with E-state index < -0.39 is 69.8 Å². The minimum Gasteiger partial charge on any atom is -0.510 e. The molecule has 9 nitrogen and oxygen atoms in total. The van der Waals surface area contributed by atoms with E-state index in [1.165, 1.54) is 36.4 Å². The van der Waals surface area contributed by atoms with Gasteiger partial charge in [-0.15, -0.1) is 0 Å². The van der Waals surface area contributed by atoms with E-state index in [-0.39, 0.29) is 23.3 Å². The molecule has 3 aliphatic carbocycles. The van der Waals surface area contributed by atoms with Gasteiger partial charge < -0.3 is 31.9 Å². The average molecular weight is 480 g/mol. The van der Waals surface area contributed by atoms with Crippen molar-refractivity contribution >= 4 is 17.5 Å². The average Bonchev–Trinajstić information content (AvgIpc) is 2.80. The molecule has 180 valence electrons. The monoisotopic (exact) mass is 480 g/mol. The summed E-state index contributed by atoms with van der Waals surface area (Å²) in [6.45, 7) is 0. The van der Waals surface area contributed by atoms with Crippen LogP contribution in [0.3, 0.4) is 0 Å². The van der Waals surface area contributed by atoms with E-state index in [9.17, 15) is 39.2 Å². The van der Waals surface area contributed by atoms with Crippen molar-refractivity contribution < 1.29 is 39.2 Å². The summed E-state index contributed by atoms with van der Waals surface area (Å²) in [5.41, 5.74) is 8.05. The number of Topliss-reactive ketones (excluding diaryl/α,β-unsaturated/α-hetero) is 2. The first-order valence-corrected chi connectivity index (χ1v) is 10.8. The molecule has 0 radical (unpaired) electrons. The minimum absolute atomic E-state index is 0.136. The number of hydrogen-bond acceptors (Lipinski definition) is 8. The molecule has 0 fully saturated rings. The minimum atomic E-state index is -2.80. The molecule has 5 atom stereocenters. The molecule has 0 saturated carbocycles. The first kappa shape index (κ1) is 22.8. The molecule has 0 aliphatic heterocycles. The molecule has 2 aromatic rings. The van der Waals surface area contributed by atoms with Crippen molar-refractivity contribution in [3.8, 4) is 5.75 Å². The Kier molecular flexibility index (Phi) is 4.87. The predicted octanol–water partition coefficient (Wildman–Crippen LogP) is 1.25. The summed E-state index contributed by atoms with van der Waals surface area (Å²) in [4.78, 5) is 38.6. The third-order valence-corrected chi connectivity index (χ3v) is 7.37. The number of primary amides is 1. The van der Waals surface area contributed by atoms with Crippen LogP contribution in [0.15, 0.2) is 65.1 Å². The van der Waals surface area contributed by atoms with Crippen molar-refractivity contribution in [2.75, 3.05) is 0 Å². The van der Waals surface area contributed by atoms with Crippen LogP contribution in [0.4, 0.5) is 4.39 Å². The quantitative estimate of drug-likeness (QED) is 0.347. The number of carbonyl (C=O) groups is 3. The van der Waals surface area contributed by atoms with Gasteiger partial charge in [0.2, 0.25) is 5.78 Å². The number of phenolic OH excluding ortho intramolecular Hbond substituents is 1. The summed E-state index contributed by atoms with van der Waals surface area (Å²) >= 11 is 0. The molecule has 0 heterocycles. The van der Waals surface area contributed by atoms with Gasteiger partial charge in [-0.3, -0.25) is 14.4 Å². The number of nitrogens with two attached hydrogens (primary N) is 2. The maximum absolute atomic E-state index is 13.7. The highest BCUT2D eigenvalue weighted by atomic mass is 19.1. The third kappa shape index (κ3) is 2.90. The fourth-order valence-corrected chi connectivity index (χ4v) is 5.78. The van der Waals surface area contributed by atoms with Gasteiger partial charge in [0.15, 0.2) is 11.4 Å². The molecule has 3 aliphatic rings. The Balaban J connectivity index is 1.80. The number of benzene rings is 2. The highest BCUT2D eigenvalue weighted by Crippen LogP contribution is 2.56. The SMILES string of the molecule is NC(=O)C1=C(O)[C@@H](N)[C@@H]2C[C@H]3C(=C(O)[C@]2(O)C1=O)C(=O)c1c(O)cccc1[C@H]3c1ccc(F)cc1. The van der Waals surface area contributed by atoms with E-state index >= 15 is 0 Å². The van der Waals surface area contributed by atoms with Crippen LogP contribution in [-0.2, 0) is 9.59 Å². The van der Waals surface area contributed by atoms with Gasteiger partial charge in [0, 0.05) is 23.3 Å². The number of aliphatic hydroxyl groups is 3. The number of phenols is 1. The van der Waals surface area contributed by atoms with Crippen LogP contribution < -0.4 is 11.5 Å². The third-order valence-electron chi connectivity index (χ3n) is 7.37. The van der Waals surface area contributed by atoms with E-state index in [0.29, 0.717) is 11.1 Å². The lowest BCUT2D eigenvalue weighted by Gasteiger charge is -2.49. The Morgan fingerprint density at radius 2 is 1.71 bits per heavy atom. The van der Waals surface area contributed by atoms with Crippen LogP contribution in [0.2, 0.25) is 0 Å². The zero-order valence-corrected chi connectivity index (χ0v) is 18.1. The molecule has 0 unspecified atom stereocenters. The predicted molar refractivity (Wildman–Crippen MR) is 119 cm³/mol. The summed E-state index contributed by atoms with van der Waals surface area (Å²) in [5.74, 6) is -9.13. The van der Waals surface area contributed by atoms with Gasteiger partial charge in [0.25, 0.3) is 5.91 Å². The Labute approximate surface area is 197 Å². The number of amides is 1. The Hall–Kier alpha value is -4.02. The summed E-state index contributed by atoms with van der Waals surface area (Å²) in [5, 5.41) is 43.7. The normalized spacial score (nSPS) is 30.0. The van der Waals surface area contributed by atoms with E-state index in [0.717, 1.165) is 0 Å². The Morgan fingerprint density at radius 1 is 1.06 bits per heavy atom. The Morgan fingerprint density at radius 3 is 2.34 bits per heavy atom. The molecular formula is C25H21FN2O7. The fourth-order valence-electron chi connectivity index (χ4n) is 5.78. The molecular weight excluding hydrogens is 459 g/mol. The standard InChI is InChI=1S/C25H21FN2O7/c26-10-6-4-9(5-7-10)15-11-2-1-3-14(29)16(11)20(30)17-12(15)8-13-19(27)21(31)18(24(28)34)23(33)25(13,35)22(17)32/h1-7,12-13,15,19,29,31-32,35H,8,27H2,(H2,28,34)/t12-,13+,15-,19+,25+/m1/s1. The molecule has 1 amide bonds. The molecule has 10 heteroatoms. The molecule has 8 N–H and O–H groups in total. The lowest BCUT2D eigenvalue weighted by Crippen LogP contribution is -2.63. The molecule has 0 aromatic heterocycles. The number of halogens is 1. The highest BCUT2D eigenvalue weighted by molar-refractivity contribution is 6.24. The molecule has 0 spiro atoms. The smallest absolute Gasteiger partial charge is 0.255 e. The molecule has 2 aromatic carbocycles. The summed E-state index contributed by atoms with van der Waals surface area (Å²) in [6, 6.07) is 8.41. The number of aliphatic hydroxyl groups excluding tert-OH is 2. The molecule has 35 heavy (non-hydrogen) atoms. The van der Waals surface area contributed by atoms with Crippen LogP contribution in [0, 0.1) is 17.7 Å². The summed E-state index contributed by atoms with van der Waals surface area (Å²) in [7, 11) is 0. The lowest BCUT2D eigenvalue weighted by atomic mass is 9.56. The largest absolute Gasteiger partial charge is 0.510 e. The van der Waals surface area contributed by atoms with Crippen molar-refractivity contribution in [2.24, 2.45) is 23.3 Å². The number of fused-ring (bicyclic) bond motifs is 3. The van der Waals surface area contributed by atoms with Gasteiger partial charge in [-0.1, -0.05) is 24.3 Å². The van der Waals surface area contributed by atoms with Gasteiger partial charge in [-0.05, 0) is 35.7 Å². The van der Waals surface area contributed by atoms with Gasteiger partial charge in [-0.25, -0.2) is 4.39 Å². The van der Waals surface area contributed by atoms with E-state index in [1.54, 1.807) is 6.07 Å². The molecule has 5 rings (SSSR count). The second kappa shape index (κ2) is 7.49. The van der Waals surface area contributed by atoms with Crippen LogP contribution in [-0.4, -0.2) is 49.5 Å². The topological polar surface area (TPSA) is 184 Å². The second-order valence-electron chi connectivity index (χ2n) is 9.06. The zero-order valence-electron chi connectivity index (χ0n) is 18.1. The molecule has 0 bridgehead atoms. The first-order chi connectivity index (χ1) is 16.5. The van der Waals surface area contributed by atoms with E-state index in [2.05, 4.69) is 0 Å². The fraction of sp³-hybridized carbons (Fsp3) is 0.240. The number of allylic oxidation sites excluding steroid dienone is 1. The second-order valence-corrected chi connectivity index (χ2v) is 9.06. The zero-order chi connectivity index (χ0) is 25.4. The van der Waals surface area contributed by atoms with Crippen molar-refractivity contribution in [2.45, 2.75) is 24.0 Å². The van der Waals surface area contributed by atoms with Gasteiger partial charge in [0.05, 0.1) is 11.6 Å². The maximum atomic E-state index is 13.7. The van der Waals surface area contributed by atoms with Crippen LogP contribution >= 0.6 is 0 Å².